The van der Waals surface area contributed by atoms with Gasteiger partial charge in [-0.1, -0.05) is 0 Å². The van der Waals surface area contributed by atoms with Gasteiger partial charge in [-0.25, -0.2) is 18.6 Å². The van der Waals surface area contributed by atoms with E-state index in [4.69, 9.17) is 4.74 Å². The van der Waals surface area contributed by atoms with Crippen LogP contribution in [0.2, 0.25) is 0 Å². The Morgan fingerprint density at radius 3 is 2.86 bits per heavy atom. The zero-order chi connectivity index (χ0) is 15.9. The molecule has 1 heterocycles. The molecule has 0 spiro atoms. The number of hydrogen-bond acceptors (Lipinski definition) is 4. The van der Waals surface area contributed by atoms with Gasteiger partial charge in [0, 0.05) is 17.1 Å². The molecule has 0 fully saturated rings. The van der Waals surface area contributed by atoms with Gasteiger partial charge in [-0.3, -0.25) is 0 Å². The molecule has 8 heteroatoms. The van der Waals surface area contributed by atoms with Crippen LogP contribution in [0.5, 0.6) is 5.75 Å². The van der Waals surface area contributed by atoms with Gasteiger partial charge >= 0.3 is 6.03 Å². The summed E-state index contributed by atoms with van der Waals surface area (Å²) in [5.74, 6) is -1.49. The lowest BCUT2D eigenvalue weighted by Gasteiger charge is -2.09. The molecule has 2 rings (SSSR count). The van der Waals surface area contributed by atoms with E-state index in [0.29, 0.717) is 6.54 Å². The molecule has 0 aliphatic carbocycles. The lowest BCUT2D eigenvalue weighted by Crippen LogP contribution is -2.37. The maximum absolute atomic E-state index is 13.3. The molecule has 2 amide bonds. The third-order valence-electron chi connectivity index (χ3n) is 2.63. The second kappa shape index (κ2) is 7.69. The number of aryl methyl sites for hydroxylation is 1. The van der Waals surface area contributed by atoms with Crippen molar-refractivity contribution in [3.8, 4) is 5.75 Å². The summed E-state index contributed by atoms with van der Waals surface area (Å²) in [6, 6.07) is 2.70. The Kier molecular flexibility index (Phi) is 5.65. The van der Waals surface area contributed by atoms with Crippen LogP contribution in [0.15, 0.2) is 24.4 Å². The molecule has 118 valence electrons. The number of nitrogens with zero attached hydrogens (tertiary/aromatic N) is 1. The Balaban J connectivity index is 1.64. The minimum atomic E-state index is -0.773. The molecule has 0 atom stereocenters. The highest BCUT2D eigenvalue weighted by Crippen LogP contribution is 2.17. The van der Waals surface area contributed by atoms with Crippen molar-refractivity contribution < 1.29 is 18.3 Å². The smallest absolute Gasteiger partial charge is 0.315 e. The van der Waals surface area contributed by atoms with E-state index in [2.05, 4.69) is 15.6 Å². The van der Waals surface area contributed by atoms with Crippen LogP contribution in [-0.2, 0) is 6.54 Å². The predicted octanol–water partition coefficient (Wildman–Crippen LogP) is 2.61. The number of aromatic nitrogens is 1. The van der Waals surface area contributed by atoms with Crippen molar-refractivity contribution in [3.63, 3.8) is 0 Å². The van der Waals surface area contributed by atoms with E-state index in [-0.39, 0.29) is 24.9 Å². The molecule has 22 heavy (non-hydrogen) atoms. The van der Waals surface area contributed by atoms with Crippen LogP contribution in [0.3, 0.4) is 0 Å². The summed E-state index contributed by atoms with van der Waals surface area (Å²) >= 11 is 1.51. The van der Waals surface area contributed by atoms with Gasteiger partial charge in [0.25, 0.3) is 0 Å². The third kappa shape index (κ3) is 4.96. The molecule has 1 aromatic carbocycles. The maximum atomic E-state index is 13.3. The quantitative estimate of drug-likeness (QED) is 0.802. The van der Waals surface area contributed by atoms with Crippen LogP contribution in [0.25, 0.3) is 0 Å². The molecule has 0 aliphatic rings. The van der Waals surface area contributed by atoms with Gasteiger partial charge in [0.05, 0.1) is 18.1 Å². The molecule has 1 aromatic heterocycles. The highest BCUT2D eigenvalue weighted by Gasteiger charge is 2.05. The number of urea groups is 1. The van der Waals surface area contributed by atoms with Crippen molar-refractivity contribution in [2.75, 3.05) is 13.2 Å². The minimum absolute atomic E-state index is 0.0521. The average Bonchev–Trinajstić information content (AvgIpc) is 2.89. The van der Waals surface area contributed by atoms with Gasteiger partial charge < -0.3 is 15.4 Å². The molecule has 2 N–H and O–H groups in total. The first-order chi connectivity index (χ1) is 10.5. The zero-order valence-corrected chi connectivity index (χ0v) is 12.7. The van der Waals surface area contributed by atoms with Crippen molar-refractivity contribution >= 4 is 17.4 Å². The molecule has 0 radical (unpaired) electrons. The van der Waals surface area contributed by atoms with Gasteiger partial charge in [0.1, 0.15) is 12.4 Å². The number of amides is 2. The van der Waals surface area contributed by atoms with Crippen LogP contribution in [0.1, 0.15) is 9.88 Å². The SMILES string of the molecule is Cc1ncc(CNC(=O)NCCOc2ccc(F)cc2F)s1. The fourth-order valence-corrected chi connectivity index (χ4v) is 2.37. The Morgan fingerprint density at radius 2 is 2.18 bits per heavy atom. The predicted molar refractivity (Wildman–Crippen MR) is 78.9 cm³/mol. The lowest BCUT2D eigenvalue weighted by atomic mass is 10.3. The Hall–Kier alpha value is -2.22. The topological polar surface area (TPSA) is 63.2 Å². The van der Waals surface area contributed by atoms with E-state index in [1.807, 2.05) is 6.92 Å². The first-order valence-electron chi connectivity index (χ1n) is 6.55. The summed E-state index contributed by atoms with van der Waals surface area (Å²) in [4.78, 5) is 16.6. The molecule has 0 unspecified atom stereocenters. The number of hydrogen-bond donors (Lipinski definition) is 2. The fourth-order valence-electron chi connectivity index (χ4n) is 1.63. The summed E-state index contributed by atoms with van der Waals surface area (Å²) in [6.07, 6.45) is 1.71. The zero-order valence-electron chi connectivity index (χ0n) is 11.9. The van der Waals surface area contributed by atoms with E-state index < -0.39 is 11.6 Å². The van der Waals surface area contributed by atoms with Crippen LogP contribution in [-0.4, -0.2) is 24.2 Å². The minimum Gasteiger partial charge on any atom is -0.489 e. The van der Waals surface area contributed by atoms with Crippen molar-refractivity contribution in [3.05, 3.63) is 45.9 Å². The number of rotatable bonds is 6. The summed E-state index contributed by atoms with van der Waals surface area (Å²) < 4.78 is 31.1. The fraction of sp³-hybridized carbons (Fsp3) is 0.286. The largest absolute Gasteiger partial charge is 0.489 e. The van der Waals surface area contributed by atoms with Gasteiger partial charge in [0.2, 0.25) is 0 Å². The number of halogens is 2. The first-order valence-corrected chi connectivity index (χ1v) is 7.37. The highest BCUT2D eigenvalue weighted by atomic mass is 32.1. The number of thiazole rings is 1. The molecule has 2 aromatic rings. The third-order valence-corrected chi connectivity index (χ3v) is 3.54. The van der Waals surface area contributed by atoms with Crippen molar-refractivity contribution in [2.45, 2.75) is 13.5 Å². The van der Waals surface area contributed by atoms with Crippen molar-refractivity contribution in [2.24, 2.45) is 0 Å². The molecular weight excluding hydrogens is 312 g/mol. The Bertz CT molecular complexity index is 649. The van der Waals surface area contributed by atoms with E-state index in [1.165, 1.54) is 17.4 Å². The van der Waals surface area contributed by atoms with Gasteiger partial charge in [-0.2, -0.15) is 0 Å². The summed E-state index contributed by atoms with van der Waals surface area (Å²) in [6.45, 7) is 2.56. The van der Waals surface area contributed by atoms with Gasteiger partial charge in [0.15, 0.2) is 11.6 Å². The molecule has 0 saturated heterocycles. The standard InChI is InChI=1S/C14H15F2N3O2S/c1-9-18-7-11(22-9)8-19-14(20)17-4-5-21-13-3-2-10(15)6-12(13)16/h2-3,6-7H,4-5,8H2,1H3,(H2,17,19,20). The molecule has 0 aliphatic heterocycles. The normalized spacial score (nSPS) is 10.3. The lowest BCUT2D eigenvalue weighted by molar-refractivity contribution is 0.235. The molecule has 5 nitrogen and oxygen atoms in total. The average molecular weight is 327 g/mol. The van der Waals surface area contributed by atoms with E-state index in [1.54, 1.807) is 6.20 Å². The summed E-state index contributed by atoms with van der Waals surface area (Å²) in [5.41, 5.74) is 0. The van der Waals surface area contributed by atoms with E-state index >= 15 is 0 Å². The summed E-state index contributed by atoms with van der Waals surface area (Å²) in [5, 5.41) is 6.18. The van der Waals surface area contributed by atoms with Crippen LogP contribution in [0.4, 0.5) is 13.6 Å². The number of carbonyl (C=O) groups excluding carboxylic acids is 1. The number of carbonyl (C=O) groups is 1. The van der Waals surface area contributed by atoms with Crippen LogP contribution in [0, 0.1) is 18.6 Å². The van der Waals surface area contributed by atoms with Crippen LogP contribution < -0.4 is 15.4 Å². The summed E-state index contributed by atoms with van der Waals surface area (Å²) in [7, 11) is 0. The maximum Gasteiger partial charge on any atom is 0.315 e. The number of benzene rings is 1. The monoisotopic (exact) mass is 327 g/mol. The van der Waals surface area contributed by atoms with Gasteiger partial charge in [-0.05, 0) is 19.1 Å². The Morgan fingerprint density at radius 1 is 1.36 bits per heavy atom. The second-order valence-electron chi connectivity index (χ2n) is 4.38. The highest BCUT2D eigenvalue weighted by molar-refractivity contribution is 7.11. The van der Waals surface area contributed by atoms with E-state index in [0.717, 1.165) is 22.0 Å². The Labute approximate surface area is 130 Å². The van der Waals surface area contributed by atoms with Gasteiger partial charge in [-0.15, -0.1) is 11.3 Å². The molecule has 0 bridgehead atoms. The number of ether oxygens (including phenoxy) is 1. The van der Waals surface area contributed by atoms with Crippen LogP contribution >= 0.6 is 11.3 Å². The number of nitrogens with one attached hydrogen (secondary N) is 2. The van der Waals surface area contributed by atoms with E-state index in [9.17, 15) is 13.6 Å². The molecular formula is C14H15F2N3O2S. The van der Waals surface area contributed by atoms with Crippen molar-refractivity contribution in [1.82, 2.24) is 15.6 Å². The first kappa shape index (κ1) is 16.2. The molecule has 0 saturated carbocycles. The van der Waals surface area contributed by atoms with Crippen molar-refractivity contribution in [1.29, 1.82) is 0 Å². The second-order valence-corrected chi connectivity index (χ2v) is 5.70.